The number of hydrogen-bond acceptors (Lipinski definition) is 4. The molecule has 2 rings (SSSR count). The van der Waals surface area contributed by atoms with Crippen LogP contribution in [0.5, 0.6) is 0 Å². The first-order chi connectivity index (χ1) is 10.9. The van der Waals surface area contributed by atoms with E-state index in [0.717, 1.165) is 10.9 Å². The average Bonchev–Trinajstić information content (AvgIpc) is 2.89. The summed E-state index contributed by atoms with van der Waals surface area (Å²) in [7, 11) is 0. The molecular formula is C17H23N3O2S. The van der Waals surface area contributed by atoms with Gasteiger partial charge in [0.2, 0.25) is 11.8 Å². The lowest BCUT2D eigenvalue weighted by Crippen LogP contribution is -2.51. The van der Waals surface area contributed by atoms with Crippen molar-refractivity contribution in [1.82, 2.24) is 5.32 Å². The molecule has 0 aliphatic heterocycles. The third kappa shape index (κ3) is 4.53. The second-order valence-electron chi connectivity index (χ2n) is 6.16. The number of benzene rings is 1. The first kappa shape index (κ1) is 17.4. The third-order valence-electron chi connectivity index (χ3n) is 3.70. The highest BCUT2D eigenvalue weighted by Crippen LogP contribution is 2.26. The Kier molecular flexibility index (Phi) is 5.74. The number of rotatable bonds is 7. The first-order valence-electron chi connectivity index (χ1n) is 7.69. The van der Waals surface area contributed by atoms with Gasteiger partial charge in [-0.3, -0.25) is 9.59 Å². The SMILES string of the molecule is CC(C)C[C@H](NC(=O)[C@@H](N)Cc1csc2ccccc12)C(N)=O. The van der Waals surface area contributed by atoms with E-state index in [-0.39, 0.29) is 11.8 Å². The first-order valence-corrected chi connectivity index (χ1v) is 8.56. The van der Waals surface area contributed by atoms with Crippen LogP contribution in [0, 0.1) is 5.92 Å². The summed E-state index contributed by atoms with van der Waals surface area (Å²) in [5.74, 6) is -0.616. The molecule has 1 aromatic carbocycles. The number of fused-ring (bicyclic) bond motifs is 1. The monoisotopic (exact) mass is 333 g/mol. The van der Waals surface area contributed by atoms with E-state index in [1.807, 2.05) is 43.5 Å². The van der Waals surface area contributed by atoms with Crippen LogP contribution in [0.3, 0.4) is 0 Å². The van der Waals surface area contributed by atoms with Crippen LogP contribution in [0.25, 0.3) is 10.1 Å². The summed E-state index contributed by atoms with van der Waals surface area (Å²) in [5.41, 5.74) is 12.4. The molecule has 1 aromatic heterocycles. The molecule has 0 radical (unpaired) electrons. The van der Waals surface area contributed by atoms with Gasteiger partial charge in [-0.05, 0) is 41.2 Å². The number of primary amides is 1. The average molecular weight is 333 g/mol. The van der Waals surface area contributed by atoms with Gasteiger partial charge in [0.05, 0.1) is 6.04 Å². The molecule has 0 fully saturated rings. The van der Waals surface area contributed by atoms with E-state index in [1.165, 1.54) is 4.70 Å². The minimum atomic E-state index is -0.706. The van der Waals surface area contributed by atoms with E-state index < -0.39 is 18.0 Å². The lowest BCUT2D eigenvalue weighted by molar-refractivity contribution is -0.128. The summed E-state index contributed by atoms with van der Waals surface area (Å²) < 4.78 is 1.17. The van der Waals surface area contributed by atoms with Gasteiger partial charge in [0.15, 0.2) is 0 Å². The van der Waals surface area contributed by atoms with E-state index in [4.69, 9.17) is 11.5 Å². The lowest BCUT2D eigenvalue weighted by Gasteiger charge is -2.20. The van der Waals surface area contributed by atoms with E-state index in [1.54, 1.807) is 11.3 Å². The van der Waals surface area contributed by atoms with Crippen molar-refractivity contribution in [3.05, 3.63) is 35.2 Å². The van der Waals surface area contributed by atoms with Gasteiger partial charge in [0, 0.05) is 4.70 Å². The van der Waals surface area contributed by atoms with Crippen molar-refractivity contribution in [2.75, 3.05) is 0 Å². The van der Waals surface area contributed by atoms with Crippen LogP contribution < -0.4 is 16.8 Å². The second-order valence-corrected chi connectivity index (χ2v) is 7.07. The predicted octanol–water partition coefficient (Wildman–Crippen LogP) is 1.79. The standard InChI is InChI=1S/C17H23N3O2S/c1-10(2)7-14(16(19)21)20-17(22)13(18)8-11-9-23-15-6-4-3-5-12(11)15/h3-6,9-10,13-14H,7-8,18H2,1-2H3,(H2,19,21)(H,20,22)/t13-,14-/m0/s1. The molecule has 2 aromatic rings. The molecule has 2 amide bonds. The maximum atomic E-state index is 12.3. The summed E-state index contributed by atoms with van der Waals surface area (Å²) in [5, 5.41) is 5.82. The largest absolute Gasteiger partial charge is 0.368 e. The molecule has 124 valence electrons. The fourth-order valence-electron chi connectivity index (χ4n) is 2.52. The molecule has 1 heterocycles. The Morgan fingerprint density at radius 1 is 1.26 bits per heavy atom. The molecule has 23 heavy (non-hydrogen) atoms. The van der Waals surface area contributed by atoms with Crippen molar-refractivity contribution >= 4 is 33.2 Å². The quantitative estimate of drug-likeness (QED) is 0.720. The van der Waals surface area contributed by atoms with Crippen molar-refractivity contribution < 1.29 is 9.59 Å². The number of nitrogens with one attached hydrogen (secondary N) is 1. The zero-order valence-electron chi connectivity index (χ0n) is 13.4. The smallest absolute Gasteiger partial charge is 0.240 e. The van der Waals surface area contributed by atoms with Crippen molar-refractivity contribution in [3.63, 3.8) is 0 Å². The molecule has 2 atom stereocenters. The minimum Gasteiger partial charge on any atom is -0.368 e. The number of hydrogen-bond donors (Lipinski definition) is 3. The molecule has 0 saturated heterocycles. The molecule has 0 aliphatic rings. The number of carbonyl (C=O) groups is 2. The molecular weight excluding hydrogens is 310 g/mol. The Morgan fingerprint density at radius 2 is 1.96 bits per heavy atom. The van der Waals surface area contributed by atoms with Gasteiger partial charge in [-0.1, -0.05) is 32.0 Å². The van der Waals surface area contributed by atoms with Crippen LogP contribution in [0.4, 0.5) is 0 Å². The summed E-state index contributed by atoms with van der Waals surface area (Å²) >= 11 is 1.63. The molecule has 0 spiro atoms. The van der Waals surface area contributed by atoms with Crippen LogP contribution >= 0.6 is 11.3 Å². The summed E-state index contributed by atoms with van der Waals surface area (Å²) in [6, 6.07) is 6.64. The zero-order valence-corrected chi connectivity index (χ0v) is 14.2. The topological polar surface area (TPSA) is 98.2 Å². The Bertz CT molecular complexity index is 696. The van der Waals surface area contributed by atoms with Crippen LogP contribution in [0.1, 0.15) is 25.8 Å². The lowest BCUT2D eigenvalue weighted by atomic mass is 10.0. The molecule has 0 bridgehead atoms. The van der Waals surface area contributed by atoms with Crippen molar-refractivity contribution in [2.24, 2.45) is 17.4 Å². The number of nitrogens with two attached hydrogens (primary N) is 2. The fraction of sp³-hybridized carbons (Fsp3) is 0.412. The second kappa shape index (κ2) is 7.57. The van der Waals surface area contributed by atoms with Gasteiger partial charge in [0.25, 0.3) is 0 Å². The van der Waals surface area contributed by atoms with Crippen LogP contribution in [-0.4, -0.2) is 23.9 Å². The highest BCUT2D eigenvalue weighted by molar-refractivity contribution is 7.17. The minimum absolute atomic E-state index is 0.254. The summed E-state index contributed by atoms with van der Waals surface area (Å²) in [6.45, 7) is 3.94. The predicted molar refractivity (Wildman–Crippen MR) is 94.1 cm³/mol. The normalized spacial score (nSPS) is 13.9. The molecule has 5 N–H and O–H groups in total. The summed E-state index contributed by atoms with van der Waals surface area (Å²) in [4.78, 5) is 23.7. The Labute approximate surface area is 140 Å². The number of thiophene rings is 1. The van der Waals surface area contributed by atoms with Gasteiger partial charge < -0.3 is 16.8 Å². The highest BCUT2D eigenvalue weighted by atomic mass is 32.1. The van der Waals surface area contributed by atoms with Gasteiger partial charge >= 0.3 is 0 Å². The molecule has 5 nitrogen and oxygen atoms in total. The Morgan fingerprint density at radius 3 is 2.61 bits per heavy atom. The van der Waals surface area contributed by atoms with Gasteiger partial charge in [-0.2, -0.15) is 0 Å². The van der Waals surface area contributed by atoms with Crippen LogP contribution in [0.2, 0.25) is 0 Å². The van der Waals surface area contributed by atoms with E-state index in [2.05, 4.69) is 5.32 Å². The number of amides is 2. The fourth-order valence-corrected chi connectivity index (χ4v) is 3.49. The van der Waals surface area contributed by atoms with E-state index in [0.29, 0.717) is 12.8 Å². The molecule has 0 unspecified atom stereocenters. The van der Waals surface area contributed by atoms with Gasteiger partial charge in [-0.15, -0.1) is 11.3 Å². The van der Waals surface area contributed by atoms with Gasteiger partial charge in [-0.25, -0.2) is 0 Å². The van der Waals surface area contributed by atoms with Crippen molar-refractivity contribution in [2.45, 2.75) is 38.8 Å². The maximum Gasteiger partial charge on any atom is 0.240 e. The summed E-state index contributed by atoms with van der Waals surface area (Å²) in [6.07, 6.45) is 0.943. The number of carbonyl (C=O) groups excluding carboxylic acids is 2. The van der Waals surface area contributed by atoms with E-state index >= 15 is 0 Å². The Hall–Kier alpha value is -1.92. The molecule has 0 aliphatic carbocycles. The van der Waals surface area contributed by atoms with E-state index in [9.17, 15) is 9.59 Å². The highest BCUT2D eigenvalue weighted by Gasteiger charge is 2.23. The zero-order chi connectivity index (χ0) is 17.0. The van der Waals surface area contributed by atoms with Crippen LogP contribution in [0.15, 0.2) is 29.6 Å². The van der Waals surface area contributed by atoms with Crippen molar-refractivity contribution in [3.8, 4) is 0 Å². The van der Waals surface area contributed by atoms with Crippen LogP contribution in [-0.2, 0) is 16.0 Å². The third-order valence-corrected chi connectivity index (χ3v) is 4.72. The van der Waals surface area contributed by atoms with Crippen molar-refractivity contribution in [1.29, 1.82) is 0 Å². The van der Waals surface area contributed by atoms with Gasteiger partial charge in [0.1, 0.15) is 6.04 Å². The molecule has 6 heteroatoms. The molecule has 0 saturated carbocycles. The maximum absolute atomic E-state index is 12.3. The Balaban J connectivity index is 2.03.